The number of nitrogens with zero attached hydrogens (tertiary/aromatic N) is 3. The highest BCUT2D eigenvalue weighted by Gasteiger charge is 2.14. The van der Waals surface area contributed by atoms with Crippen LogP contribution in [0.4, 0.5) is 0 Å². The molecule has 3 aromatic heterocycles. The second-order valence-corrected chi connectivity index (χ2v) is 7.51. The summed E-state index contributed by atoms with van der Waals surface area (Å²) in [5, 5.41) is 3.39. The molecule has 4 aromatic rings. The quantitative estimate of drug-likeness (QED) is 0.471. The molecule has 0 radical (unpaired) electrons. The standard InChI is InChI=1S/C25H24N4O2/c1-18-21(24(30)27-13-6-9-19-7-3-2-4-8-19)15-22-23(28-18)11-14-29(25(22)31)17-20-10-5-12-26-16-20/h2-5,7-8,10-12,14-16H,6,9,13,17H2,1H3,(H,27,30). The molecule has 6 nitrogen and oxygen atoms in total. The lowest BCUT2D eigenvalue weighted by Crippen LogP contribution is -2.27. The van der Waals surface area contributed by atoms with Gasteiger partial charge in [-0.3, -0.25) is 19.6 Å². The van der Waals surface area contributed by atoms with Crippen molar-refractivity contribution in [3.63, 3.8) is 0 Å². The number of hydrogen-bond donors (Lipinski definition) is 1. The topological polar surface area (TPSA) is 76.9 Å². The maximum atomic E-state index is 13.0. The van der Waals surface area contributed by atoms with Crippen LogP contribution in [0.1, 0.15) is 33.6 Å². The number of rotatable bonds is 7. The molecule has 0 aliphatic carbocycles. The largest absolute Gasteiger partial charge is 0.352 e. The van der Waals surface area contributed by atoms with Crippen LogP contribution in [0.2, 0.25) is 0 Å². The van der Waals surface area contributed by atoms with Gasteiger partial charge in [0, 0.05) is 25.1 Å². The van der Waals surface area contributed by atoms with Crippen molar-refractivity contribution in [2.75, 3.05) is 6.54 Å². The second-order valence-electron chi connectivity index (χ2n) is 7.51. The number of pyridine rings is 3. The average molecular weight is 412 g/mol. The summed E-state index contributed by atoms with van der Waals surface area (Å²) in [7, 11) is 0. The van der Waals surface area contributed by atoms with E-state index < -0.39 is 0 Å². The van der Waals surface area contributed by atoms with Crippen molar-refractivity contribution in [3.8, 4) is 0 Å². The van der Waals surface area contributed by atoms with E-state index in [1.807, 2.05) is 36.4 Å². The zero-order valence-corrected chi connectivity index (χ0v) is 17.4. The summed E-state index contributed by atoms with van der Waals surface area (Å²) in [6.45, 7) is 2.77. The van der Waals surface area contributed by atoms with Crippen LogP contribution >= 0.6 is 0 Å². The first-order chi connectivity index (χ1) is 15.1. The van der Waals surface area contributed by atoms with Crippen LogP contribution in [-0.2, 0) is 13.0 Å². The first kappa shape index (κ1) is 20.5. The molecule has 156 valence electrons. The maximum absolute atomic E-state index is 13.0. The Balaban J connectivity index is 1.50. The number of aromatic nitrogens is 3. The molecule has 0 fully saturated rings. The Morgan fingerprint density at radius 3 is 2.65 bits per heavy atom. The minimum atomic E-state index is -0.206. The van der Waals surface area contributed by atoms with E-state index in [4.69, 9.17) is 0 Å². The number of amides is 1. The van der Waals surface area contributed by atoms with Crippen LogP contribution in [0.3, 0.4) is 0 Å². The molecular formula is C25H24N4O2. The number of nitrogens with one attached hydrogen (secondary N) is 1. The zero-order chi connectivity index (χ0) is 21.6. The molecule has 1 aromatic carbocycles. The van der Waals surface area contributed by atoms with E-state index in [-0.39, 0.29) is 11.5 Å². The number of hydrogen-bond acceptors (Lipinski definition) is 4. The molecule has 0 saturated heterocycles. The third kappa shape index (κ3) is 4.86. The number of aryl methyl sites for hydroxylation is 2. The smallest absolute Gasteiger partial charge is 0.260 e. The zero-order valence-electron chi connectivity index (χ0n) is 17.4. The van der Waals surface area contributed by atoms with Crippen LogP contribution in [-0.4, -0.2) is 27.0 Å². The molecule has 0 atom stereocenters. The normalized spacial score (nSPS) is 10.9. The van der Waals surface area contributed by atoms with E-state index in [0.29, 0.717) is 35.2 Å². The Labute approximate surface area is 180 Å². The first-order valence-electron chi connectivity index (χ1n) is 10.3. The van der Waals surface area contributed by atoms with E-state index in [1.165, 1.54) is 5.56 Å². The summed E-state index contributed by atoms with van der Waals surface area (Å²) in [4.78, 5) is 34.3. The van der Waals surface area contributed by atoms with E-state index >= 15 is 0 Å². The van der Waals surface area contributed by atoms with Crippen molar-refractivity contribution in [1.82, 2.24) is 19.9 Å². The molecule has 0 saturated carbocycles. The predicted octanol–water partition coefficient (Wildman–Crippen LogP) is 3.51. The van der Waals surface area contributed by atoms with Gasteiger partial charge >= 0.3 is 0 Å². The van der Waals surface area contributed by atoms with Crippen LogP contribution in [0.15, 0.2) is 78.0 Å². The summed E-state index contributed by atoms with van der Waals surface area (Å²) in [5.74, 6) is -0.206. The highest BCUT2D eigenvalue weighted by Crippen LogP contribution is 2.14. The van der Waals surface area contributed by atoms with Crippen molar-refractivity contribution >= 4 is 16.8 Å². The highest BCUT2D eigenvalue weighted by molar-refractivity contribution is 5.98. The van der Waals surface area contributed by atoms with Crippen LogP contribution in [0, 0.1) is 6.92 Å². The van der Waals surface area contributed by atoms with Gasteiger partial charge in [0.1, 0.15) is 0 Å². The highest BCUT2D eigenvalue weighted by atomic mass is 16.1. The van der Waals surface area contributed by atoms with Gasteiger partial charge in [-0.1, -0.05) is 36.4 Å². The Hall–Kier alpha value is -3.80. The van der Waals surface area contributed by atoms with E-state index in [9.17, 15) is 9.59 Å². The van der Waals surface area contributed by atoms with E-state index in [2.05, 4.69) is 27.4 Å². The van der Waals surface area contributed by atoms with Gasteiger partial charge in [0.05, 0.1) is 28.7 Å². The van der Waals surface area contributed by atoms with Gasteiger partial charge in [-0.05, 0) is 49.1 Å². The number of carbonyl (C=O) groups excluding carboxylic acids is 1. The summed E-state index contributed by atoms with van der Waals surface area (Å²) >= 11 is 0. The molecule has 0 unspecified atom stereocenters. The molecular weight excluding hydrogens is 388 g/mol. The van der Waals surface area contributed by atoms with Crippen molar-refractivity contribution in [2.24, 2.45) is 0 Å². The SMILES string of the molecule is Cc1nc2ccn(Cc3cccnc3)c(=O)c2cc1C(=O)NCCCc1ccccc1. The molecule has 1 amide bonds. The minimum Gasteiger partial charge on any atom is -0.352 e. The van der Waals surface area contributed by atoms with Crippen LogP contribution in [0.25, 0.3) is 10.9 Å². The van der Waals surface area contributed by atoms with Crippen LogP contribution in [0.5, 0.6) is 0 Å². The summed E-state index contributed by atoms with van der Waals surface area (Å²) in [6.07, 6.45) is 6.90. The summed E-state index contributed by atoms with van der Waals surface area (Å²) in [5.41, 5.74) is 3.63. The van der Waals surface area contributed by atoms with Gasteiger partial charge in [-0.2, -0.15) is 0 Å². The summed E-state index contributed by atoms with van der Waals surface area (Å²) < 4.78 is 1.61. The van der Waals surface area contributed by atoms with Crippen molar-refractivity contribution in [2.45, 2.75) is 26.3 Å². The molecule has 6 heteroatoms. The molecule has 4 rings (SSSR count). The van der Waals surface area contributed by atoms with Gasteiger partial charge in [-0.25, -0.2) is 0 Å². The lowest BCUT2D eigenvalue weighted by molar-refractivity contribution is 0.0952. The lowest BCUT2D eigenvalue weighted by Gasteiger charge is -2.11. The molecule has 0 aliphatic rings. The molecule has 31 heavy (non-hydrogen) atoms. The Morgan fingerprint density at radius 1 is 1.06 bits per heavy atom. The molecule has 0 spiro atoms. The van der Waals surface area contributed by atoms with E-state index in [0.717, 1.165) is 18.4 Å². The first-order valence-corrected chi connectivity index (χ1v) is 10.3. The maximum Gasteiger partial charge on any atom is 0.260 e. The Kier molecular flexibility index (Phi) is 6.17. The number of benzene rings is 1. The van der Waals surface area contributed by atoms with Gasteiger partial charge < -0.3 is 9.88 Å². The number of carbonyl (C=O) groups is 1. The lowest BCUT2D eigenvalue weighted by atomic mass is 10.1. The van der Waals surface area contributed by atoms with Gasteiger partial charge in [-0.15, -0.1) is 0 Å². The van der Waals surface area contributed by atoms with Crippen molar-refractivity contribution in [1.29, 1.82) is 0 Å². The monoisotopic (exact) mass is 412 g/mol. The summed E-state index contributed by atoms with van der Waals surface area (Å²) in [6, 6.07) is 17.4. The minimum absolute atomic E-state index is 0.174. The fraction of sp³-hybridized carbons (Fsp3) is 0.200. The number of fused-ring (bicyclic) bond motifs is 1. The second kappa shape index (κ2) is 9.34. The molecule has 0 bridgehead atoms. The van der Waals surface area contributed by atoms with Gasteiger partial charge in [0.25, 0.3) is 11.5 Å². The Bertz CT molecular complexity index is 1250. The predicted molar refractivity (Wildman–Crippen MR) is 121 cm³/mol. The van der Waals surface area contributed by atoms with Gasteiger partial charge in [0.2, 0.25) is 0 Å². The molecule has 0 aliphatic heterocycles. The molecule has 3 heterocycles. The third-order valence-corrected chi connectivity index (χ3v) is 5.24. The van der Waals surface area contributed by atoms with Crippen molar-refractivity contribution < 1.29 is 4.79 Å². The fourth-order valence-electron chi connectivity index (χ4n) is 3.58. The van der Waals surface area contributed by atoms with E-state index in [1.54, 1.807) is 36.1 Å². The fourth-order valence-corrected chi connectivity index (χ4v) is 3.58. The molecule has 1 N–H and O–H groups in total. The average Bonchev–Trinajstić information content (AvgIpc) is 2.79. The van der Waals surface area contributed by atoms with Gasteiger partial charge in [0.15, 0.2) is 0 Å². The third-order valence-electron chi connectivity index (χ3n) is 5.24. The Morgan fingerprint density at radius 2 is 1.87 bits per heavy atom. The van der Waals surface area contributed by atoms with Crippen LogP contribution < -0.4 is 10.9 Å². The van der Waals surface area contributed by atoms with Crippen molar-refractivity contribution in [3.05, 3.63) is 106 Å².